The SMILES string of the molecule is CC(C)=C(C)CC/C=C/c1ccccc1. The maximum atomic E-state index is 2.25. The summed E-state index contributed by atoms with van der Waals surface area (Å²) >= 11 is 0. The molecule has 0 saturated heterocycles. The lowest BCUT2D eigenvalue weighted by Crippen LogP contribution is -1.79. The topological polar surface area (TPSA) is 0 Å². The lowest BCUT2D eigenvalue weighted by molar-refractivity contribution is 0.957. The Morgan fingerprint density at radius 2 is 1.73 bits per heavy atom. The van der Waals surface area contributed by atoms with E-state index in [9.17, 15) is 0 Å². The molecule has 0 fully saturated rings. The summed E-state index contributed by atoms with van der Waals surface area (Å²) < 4.78 is 0. The number of hydrogen-bond donors (Lipinski definition) is 0. The summed E-state index contributed by atoms with van der Waals surface area (Å²) in [5.41, 5.74) is 4.24. The summed E-state index contributed by atoms with van der Waals surface area (Å²) in [6, 6.07) is 10.4. The van der Waals surface area contributed by atoms with Crippen LogP contribution in [0.2, 0.25) is 0 Å². The van der Waals surface area contributed by atoms with Gasteiger partial charge in [0.2, 0.25) is 0 Å². The molecule has 1 aromatic rings. The molecule has 15 heavy (non-hydrogen) atoms. The van der Waals surface area contributed by atoms with Gasteiger partial charge in [0.25, 0.3) is 0 Å². The van der Waals surface area contributed by atoms with Crippen molar-refractivity contribution < 1.29 is 0 Å². The third-order valence-electron chi connectivity index (χ3n) is 2.65. The molecule has 0 saturated carbocycles. The van der Waals surface area contributed by atoms with Crippen molar-refractivity contribution in [3.63, 3.8) is 0 Å². The molecule has 1 aromatic carbocycles. The van der Waals surface area contributed by atoms with Crippen molar-refractivity contribution in [1.82, 2.24) is 0 Å². The van der Waals surface area contributed by atoms with E-state index in [0.717, 1.165) is 6.42 Å². The van der Waals surface area contributed by atoms with Crippen molar-refractivity contribution in [2.45, 2.75) is 33.6 Å². The smallest absolute Gasteiger partial charge is 0.0260 e. The maximum absolute atomic E-state index is 2.25. The van der Waals surface area contributed by atoms with Crippen molar-refractivity contribution in [3.05, 3.63) is 53.1 Å². The second kappa shape index (κ2) is 6.23. The average molecular weight is 200 g/mol. The molecule has 1 rings (SSSR count). The molecule has 0 bridgehead atoms. The van der Waals surface area contributed by atoms with E-state index in [4.69, 9.17) is 0 Å². The van der Waals surface area contributed by atoms with E-state index in [0.29, 0.717) is 0 Å². The number of benzene rings is 1. The molecule has 0 aliphatic rings. The molecule has 0 spiro atoms. The van der Waals surface area contributed by atoms with E-state index in [1.165, 1.54) is 23.1 Å². The second-order valence-corrected chi connectivity index (χ2v) is 4.13. The molecule has 0 aliphatic carbocycles. The minimum Gasteiger partial charge on any atom is -0.0836 e. The summed E-state index contributed by atoms with van der Waals surface area (Å²) in [7, 11) is 0. The number of hydrogen-bond acceptors (Lipinski definition) is 0. The van der Waals surface area contributed by atoms with Crippen molar-refractivity contribution in [2.75, 3.05) is 0 Å². The van der Waals surface area contributed by atoms with E-state index in [2.05, 4.69) is 57.2 Å². The van der Waals surface area contributed by atoms with Crippen LogP contribution in [-0.2, 0) is 0 Å². The first-order chi connectivity index (χ1) is 7.20. The predicted octanol–water partition coefficient (Wildman–Crippen LogP) is 4.84. The van der Waals surface area contributed by atoms with Crippen LogP contribution < -0.4 is 0 Å². The Kier molecular flexibility index (Phi) is 4.89. The molecule has 0 nitrogen and oxygen atoms in total. The van der Waals surface area contributed by atoms with E-state index in [-0.39, 0.29) is 0 Å². The molecule has 0 aliphatic heterocycles. The minimum atomic E-state index is 1.13. The third-order valence-corrected chi connectivity index (χ3v) is 2.65. The lowest BCUT2D eigenvalue weighted by Gasteiger charge is -2.00. The zero-order valence-corrected chi connectivity index (χ0v) is 9.96. The van der Waals surface area contributed by atoms with Crippen molar-refractivity contribution in [1.29, 1.82) is 0 Å². The van der Waals surface area contributed by atoms with E-state index >= 15 is 0 Å². The summed E-state index contributed by atoms with van der Waals surface area (Å²) in [4.78, 5) is 0. The minimum absolute atomic E-state index is 1.13. The predicted molar refractivity (Wildman–Crippen MR) is 68.8 cm³/mol. The van der Waals surface area contributed by atoms with Gasteiger partial charge in [0.1, 0.15) is 0 Å². The lowest BCUT2D eigenvalue weighted by atomic mass is 10.1. The highest BCUT2D eigenvalue weighted by Gasteiger charge is 1.90. The maximum Gasteiger partial charge on any atom is -0.0260 e. The fraction of sp³-hybridized carbons (Fsp3) is 0.333. The normalized spacial score (nSPS) is 10.6. The quantitative estimate of drug-likeness (QED) is 0.610. The first-order valence-corrected chi connectivity index (χ1v) is 5.54. The van der Waals surface area contributed by atoms with Gasteiger partial charge in [-0.3, -0.25) is 0 Å². The molecule has 80 valence electrons. The zero-order chi connectivity index (χ0) is 11.1. The molecule has 0 heterocycles. The van der Waals surface area contributed by atoms with Crippen LogP contribution in [0, 0.1) is 0 Å². The van der Waals surface area contributed by atoms with Crippen LogP contribution in [0.1, 0.15) is 39.2 Å². The Labute approximate surface area is 93.3 Å². The van der Waals surface area contributed by atoms with Gasteiger partial charge in [-0.2, -0.15) is 0 Å². The Bertz CT molecular complexity index is 338. The molecule has 0 heteroatoms. The summed E-state index contributed by atoms with van der Waals surface area (Å²) in [6.45, 7) is 6.57. The standard InChI is InChI=1S/C15H20/c1-13(2)14(3)9-7-8-12-15-10-5-4-6-11-15/h4-6,8,10-12H,7,9H2,1-3H3/b12-8+. The van der Waals surface area contributed by atoms with Gasteiger partial charge in [0.05, 0.1) is 0 Å². The molecule has 0 amide bonds. The highest BCUT2D eigenvalue weighted by atomic mass is 14.0. The Hall–Kier alpha value is -1.30. The zero-order valence-electron chi connectivity index (χ0n) is 9.96. The molecule has 0 aromatic heterocycles. The fourth-order valence-corrected chi connectivity index (χ4v) is 1.33. The van der Waals surface area contributed by atoms with Crippen molar-refractivity contribution >= 4 is 6.08 Å². The monoisotopic (exact) mass is 200 g/mol. The van der Waals surface area contributed by atoms with Gasteiger partial charge in [-0.15, -0.1) is 0 Å². The second-order valence-electron chi connectivity index (χ2n) is 4.13. The average Bonchev–Trinajstić information content (AvgIpc) is 2.25. The van der Waals surface area contributed by atoms with Crippen molar-refractivity contribution in [3.8, 4) is 0 Å². The van der Waals surface area contributed by atoms with Crippen LogP contribution >= 0.6 is 0 Å². The Balaban J connectivity index is 2.39. The van der Waals surface area contributed by atoms with Crippen LogP contribution in [0.15, 0.2) is 47.6 Å². The van der Waals surface area contributed by atoms with Crippen LogP contribution in [0.25, 0.3) is 6.08 Å². The van der Waals surface area contributed by atoms with E-state index in [1.807, 2.05) is 6.07 Å². The molecule has 0 unspecified atom stereocenters. The third kappa shape index (κ3) is 4.64. The first-order valence-electron chi connectivity index (χ1n) is 5.54. The Morgan fingerprint density at radius 3 is 2.33 bits per heavy atom. The summed E-state index contributed by atoms with van der Waals surface area (Å²) in [5.74, 6) is 0. The van der Waals surface area contributed by atoms with Gasteiger partial charge in [-0.05, 0) is 39.2 Å². The number of allylic oxidation sites excluding steroid dienone is 3. The summed E-state index contributed by atoms with van der Waals surface area (Å²) in [6.07, 6.45) is 6.75. The molecule has 0 atom stereocenters. The highest BCUT2D eigenvalue weighted by molar-refractivity contribution is 5.48. The Morgan fingerprint density at radius 1 is 1.07 bits per heavy atom. The fourth-order valence-electron chi connectivity index (χ4n) is 1.33. The molecular formula is C15H20. The van der Waals surface area contributed by atoms with Gasteiger partial charge in [0.15, 0.2) is 0 Å². The molecular weight excluding hydrogens is 180 g/mol. The molecule has 0 N–H and O–H groups in total. The van der Waals surface area contributed by atoms with Crippen LogP contribution in [-0.4, -0.2) is 0 Å². The van der Waals surface area contributed by atoms with Crippen LogP contribution in [0.5, 0.6) is 0 Å². The van der Waals surface area contributed by atoms with Gasteiger partial charge < -0.3 is 0 Å². The summed E-state index contributed by atoms with van der Waals surface area (Å²) in [5, 5.41) is 0. The van der Waals surface area contributed by atoms with Gasteiger partial charge in [-0.1, -0.05) is 53.6 Å². The van der Waals surface area contributed by atoms with Crippen molar-refractivity contribution in [2.24, 2.45) is 0 Å². The van der Waals surface area contributed by atoms with Crippen LogP contribution in [0.3, 0.4) is 0 Å². The van der Waals surface area contributed by atoms with Crippen LogP contribution in [0.4, 0.5) is 0 Å². The largest absolute Gasteiger partial charge is 0.0836 e. The number of rotatable bonds is 4. The van der Waals surface area contributed by atoms with E-state index in [1.54, 1.807) is 0 Å². The molecule has 0 radical (unpaired) electrons. The highest BCUT2D eigenvalue weighted by Crippen LogP contribution is 2.11. The van der Waals surface area contributed by atoms with Gasteiger partial charge >= 0.3 is 0 Å². The van der Waals surface area contributed by atoms with Gasteiger partial charge in [0, 0.05) is 0 Å². The van der Waals surface area contributed by atoms with Gasteiger partial charge in [-0.25, -0.2) is 0 Å². The van der Waals surface area contributed by atoms with E-state index < -0.39 is 0 Å². The first kappa shape index (κ1) is 11.8.